The van der Waals surface area contributed by atoms with E-state index in [1.807, 2.05) is 0 Å². The lowest BCUT2D eigenvalue weighted by atomic mass is 9.63. The molecule has 1 aromatic rings. The Balaban J connectivity index is 2.54. The van der Waals surface area contributed by atoms with Crippen molar-refractivity contribution < 1.29 is 17.6 Å². The van der Waals surface area contributed by atoms with E-state index in [1.165, 1.54) is 6.92 Å². The first-order valence-corrected chi connectivity index (χ1v) is 15.6. The van der Waals surface area contributed by atoms with Gasteiger partial charge in [-0.25, -0.2) is 8.42 Å². The Kier molecular flexibility index (Phi) is 7.51. The van der Waals surface area contributed by atoms with E-state index in [9.17, 15) is 13.2 Å². The van der Waals surface area contributed by atoms with Gasteiger partial charge in [-0.3, -0.25) is 4.79 Å². The molecule has 1 unspecified atom stereocenters. The predicted octanol–water partition coefficient (Wildman–Crippen LogP) is 6.19. The lowest BCUT2D eigenvalue weighted by molar-refractivity contribution is -0.117. The van der Waals surface area contributed by atoms with Crippen molar-refractivity contribution in [2.45, 2.75) is 95.2 Å². The van der Waals surface area contributed by atoms with Crippen LogP contribution in [0.5, 0.6) is 0 Å². The molecule has 2 rings (SSSR count). The van der Waals surface area contributed by atoms with Crippen molar-refractivity contribution in [3.8, 4) is 0 Å². The van der Waals surface area contributed by atoms with Gasteiger partial charge in [0, 0.05) is 12.3 Å². The highest BCUT2D eigenvalue weighted by molar-refractivity contribution is 7.92. The summed E-state index contributed by atoms with van der Waals surface area (Å²) in [4.78, 5) is 12.5. The molecule has 174 valence electrons. The minimum absolute atomic E-state index is 0.0167. The molecule has 1 aliphatic carbocycles. The highest BCUT2D eigenvalue weighted by Gasteiger charge is 2.52. The summed E-state index contributed by atoms with van der Waals surface area (Å²) in [6.07, 6.45) is 1.44. The zero-order chi connectivity index (χ0) is 23.8. The van der Waals surface area contributed by atoms with Gasteiger partial charge in [0.1, 0.15) is 5.78 Å². The topological polar surface area (TPSA) is 60.4 Å². The van der Waals surface area contributed by atoms with Crippen molar-refractivity contribution in [1.29, 1.82) is 0 Å². The van der Waals surface area contributed by atoms with Crippen LogP contribution in [0.1, 0.15) is 60.8 Å². The van der Waals surface area contributed by atoms with Crippen molar-refractivity contribution in [3.63, 3.8) is 0 Å². The summed E-state index contributed by atoms with van der Waals surface area (Å²) < 4.78 is 34.3. The number of rotatable bonds is 7. The summed E-state index contributed by atoms with van der Waals surface area (Å²) in [6, 6.07) is 8.48. The molecule has 0 saturated heterocycles. The molecule has 0 bridgehead atoms. The Morgan fingerprint density at radius 2 is 1.77 bits per heavy atom. The molecule has 0 N–H and O–H groups in total. The van der Waals surface area contributed by atoms with Crippen LogP contribution < -0.4 is 0 Å². The zero-order valence-corrected chi connectivity index (χ0v) is 22.3. The second-order valence-corrected chi connectivity index (χ2v) is 18.1. The maximum Gasteiger partial charge on any atom is 0.192 e. The van der Waals surface area contributed by atoms with Gasteiger partial charge in [-0.2, -0.15) is 0 Å². The fourth-order valence-electron chi connectivity index (χ4n) is 4.53. The molecule has 0 heterocycles. The van der Waals surface area contributed by atoms with Crippen LogP contribution in [0.3, 0.4) is 0 Å². The van der Waals surface area contributed by atoms with E-state index in [0.717, 1.165) is 12.0 Å². The normalized spacial score (nSPS) is 23.4. The van der Waals surface area contributed by atoms with Gasteiger partial charge in [0.05, 0.1) is 16.2 Å². The van der Waals surface area contributed by atoms with Gasteiger partial charge in [0.2, 0.25) is 0 Å². The van der Waals surface area contributed by atoms with Gasteiger partial charge >= 0.3 is 0 Å². The number of allylic oxidation sites excluding steroid dienone is 1. The van der Waals surface area contributed by atoms with E-state index in [-0.39, 0.29) is 34.2 Å². The molecular formula is C25H40O4SSi. The molecule has 0 aliphatic heterocycles. The molecule has 1 aromatic carbocycles. The van der Waals surface area contributed by atoms with Crippen LogP contribution in [0.15, 0.2) is 47.4 Å². The standard InChI is InChI=1S/C25H40O4SSi/c1-18-15-16-22(29-31(8,9)24(3,4)5)25(6,7)23(18)21(17-19(2)26)30(27,28)20-13-11-10-12-14-20/h10-14,21-23H,1,15-17H2,2-9H3/t21?,22-,23-/m0/s1. The molecule has 0 spiro atoms. The summed E-state index contributed by atoms with van der Waals surface area (Å²) in [6.45, 7) is 21.0. The van der Waals surface area contributed by atoms with Crippen molar-refractivity contribution in [2.75, 3.05) is 0 Å². The van der Waals surface area contributed by atoms with Crippen LogP contribution in [-0.4, -0.2) is 33.9 Å². The van der Waals surface area contributed by atoms with Crippen LogP contribution in [0.25, 0.3) is 0 Å². The molecule has 4 nitrogen and oxygen atoms in total. The van der Waals surface area contributed by atoms with Gasteiger partial charge in [-0.15, -0.1) is 0 Å². The number of hydrogen-bond acceptors (Lipinski definition) is 4. The van der Waals surface area contributed by atoms with E-state index in [1.54, 1.807) is 30.3 Å². The van der Waals surface area contributed by atoms with Gasteiger partial charge in [0.25, 0.3) is 0 Å². The Morgan fingerprint density at radius 1 is 1.23 bits per heavy atom. The molecule has 0 radical (unpaired) electrons. The van der Waals surface area contributed by atoms with Crippen LogP contribution in [0.4, 0.5) is 0 Å². The van der Waals surface area contributed by atoms with E-state index < -0.39 is 28.8 Å². The lowest BCUT2D eigenvalue weighted by Crippen LogP contribution is -2.54. The van der Waals surface area contributed by atoms with Crippen LogP contribution >= 0.6 is 0 Å². The van der Waals surface area contributed by atoms with E-state index in [4.69, 9.17) is 4.43 Å². The Morgan fingerprint density at radius 3 is 2.26 bits per heavy atom. The number of carbonyl (C=O) groups excluding carboxylic acids is 1. The minimum atomic E-state index is -3.72. The number of Topliss-reactive ketones (excluding diaryl/α,β-unsaturated/α-hetero) is 1. The quantitative estimate of drug-likeness (QED) is 0.356. The number of ketones is 1. The predicted molar refractivity (Wildman–Crippen MR) is 130 cm³/mol. The SMILES string of the molecule is C=C1CC[C@H](O[Si](C)(C)C(C)(C)C)C(C)(C)[C@@H]1C(CC(C)=O)S(=O)(=O)c1ccccc1. The molecule has 1 aliphatic rings. The molecule has 6 heteroatoms. The first-order valence-electron chi connectivity index (χ1n) is 11.2. The average Bonchev–Trinajstić information content (AvgIpc) is 2.62. The number of benzene rings is 1. The van der Waals surface area contributed by atoms with Crippen molar-refractivity contribution in [2.24, 2.45) is 11.3 Å². The summed E-state index contributed by atoms with van der Waals surface area (Å²) in [5.74, 6) is -0.481. The highest BCUT2D eigenvalue weighted by Crippen LogP contribution is 2.51. The summed E-state index contributed by atoms with van der Waals surface area (Å²) in [5, 5.41) is -0.789. The molecule has 0 amide bonds. The third kappa shape index (κ3) is 5.40. The summed E-state index contributed by atoms with van der Waals surface area (Å²) in [5.41, 5.74) is 0.443. The number of carbonyl (C=O) groups is 1. The van der Waals surface area contributed by atoms with E-state index >= 15 is 0 Å². The van der Waals surface area contributed by atoms with Gasteiger partial charge in [0.15, 0.2) is 18.2 Å². The maximum atomic E-state index is 13.7. The number of sulfone groups is 1. The third-order valence-electron chi connectivity index (χ3n) is 7.37. The highest BCUT2D eigenvalue weighted by atomic mass is 32.2. The Labute approximate surface area is 190 Å². The Hall–Kier alpha value is -1.24. The fourth-order valence-corrected chi connectivity index (χ4v) is 8.26. The van der Waals surface area contributed by atoms with Crippen LogP contribution in [0.2, 0.25) is 18.1 Å². The lowest BCUT2D eigenvalue weighted by Gasteiger charge is -2.52. The Bertz CT molecular complexity index is 911. The molecule has 1 saturated carbocycles. The maximum absolute atomic E-state index is 13.7. The van der Waals surface area contributed by atoms with Gasteiger partial charge in [-0.1, -0.05) is 65.0 Å². The smallest absolute Gasteiger partial charge is 0.192 e. The van der Waals surface area contributed by atoms with E-state index in [0.29, 0.717) is 6.42 Å². The van der Waals surface area contributed by atoms with Crippen molar-refractivity contribution >= 4 is 23.9 Å². The van der Waals surface area contributed by atoms with Crippen molar-refractivity contribution in [1.82, 2.24) is 0 Å². The molecule has 31 heavy (non-hydrogen) atoms. The van der Waals surface area contributed by atoms with Crippen molar-refractivity contribution in [3.05, 3.63) is 42.5 Å². The van der Waals surface area contributed by atoms with Crippen LogP contribution in [0, 0.1) is 11.3 Å². The summed E-state index contributed by atoms with van der Waals surface area (Å²) in [7, 11) is -5.78. The molecule has 3 atom stereocenters. The largest absolute Gasteiger partial charge is 0.413 e. The monoisotopic (exact) mass is 464 g/mol. The average molecular weight is 465 g/mol. The first-order chi connectivity index (χ1) is 14.0. The van der Waals surface area contributed by atoms with Gasteiger partial charge < -0.3 is 4.43 Å². The second-order valence-electron chi connectivity index (χ2n) is 11.2. The molecule has 0 aromatic heterocycles. The summed E-state index contributed by atoms with van der Waals surface area (Å²) >= 11 is 0. The first kappa shape index (κ1) is 26.0. The molecular weight excluding hydrogens is 424 g/mol. The van der Waals surface area contributed by atoms with E-state index in [2.05, 4.69) is 54.3 Å². The fraction of sp³-hybridized carbons (Fsp3) is 0.640. The second kappa shape index (κ2) is 8.95. The number of hydrogen-bond donors (Lipinski definition) is 0. The minimum Gasteiger partial charge on any atom is -0.413 e. The molecule has 1 fully saturated rings. The third-order valence-corrected chi connectivity index (χ3v) is 14.0. The van der Waals surface area contributed by atoms with Crippen LogP contribution in [-0.2, 0) is 19.1 Å². The zero-order valence-electron chi connectivity index (χ0n) is 20.5. The van der Waals surface area contributed by atoms with Gasteiger partial charge in [-0.05, 0) is 55.4 Å².